The van der Waals surface area contributed by atoms with Crippen LogP contribution in [0.25, 0.3) is 10.8 Å². The first-order chi connectivity index (χ1) is 10.6. The van der Waals surface area contributed by atoms with Crippen molar-refractivity contribution in [2.75, 3.05) is 20.3 Å². The largest absolute Gasteiger partial charge is 0.394 e. The lowest BCUT2D eigenvalue weighted by atomic mass is 10.1. The zero-order valence-electron chi connectivity index (χ0n) is 12.1. The fourth-order valence-corrected chi connectivity index (χ4v) is 3.21. The number of aliphatic hydroxyl groups excluding tert-OH is 1. The summed E-state index contributed by atoms with van der Waals surface area (Å²) < 4.78 is 67.1. The second kappa shape index (κ2) is 7.81. The SMILES string of the molecule is COCCO.O=S(=O)(O)c1cccc2c(S(=O)(=O)O)cccc12. The number of ether oxygens (including phenoxy) is 1. The lowest BCUT2D eigenvalue weighted by Crippen LogP contribution is -2.02. The molecule has 0 atom stereocenters. The monoisotopic (exact) mass is 364 g/mol. The van der Waals surface area contributed by atoms with Gasteiger partial charge < -0.3 is 9.84 Å². The topological polar surface area (TPSA) is 138 Å². The fraction of sp³-hybridized carbons (Fsp3) is 0.231. The summed E-state index contributed by atoms with van der Waals surface area (Å²) in [5.74, 6) is 0. The Kier molecular flexibility index (Phi) is 6.62. The third-order valence-electron chi connectivity index (χ3n) is 2.69. The lowest BCUT2D eigenvalue weighted by Gasteiger charge is -2.06. The van der Waals surface area contributed by atoms with Crippen molar-refractivity contribution in [2.45, 2.75) is 9.79 Å². The summed E-state index contributed by atoms with van der Waals surface area (Å²) in [6, 6.07) is 7.53. The van der Waals surface area contributed by atoms with Crippen molar-refractivity contribution >= 4 is 31.0 Å². The van der Waals surface area contributed by atoms with Crippen LogP contribution in [0.15, 0.2) is 46.2 Å². The molecule has 0 aliphatic carbocycles. The normalized spacial score (nSPS) is 11.8. The van der Waals surface area contributed by atoms with Crippen LogP contribution in [0, 0.1) is 0 Å². The Hall–Kier alpha value is -1.56. The van der Waals surface area contributed by atoms with E-state index < -0.39 is 30.0 Å². The van der Waals surface area contributed by atoms with Crippen LogP contribution in [-0.2, 0) is 25.0 Å². The van der Waals surface area contributed by atoms with Gasteiger partial charge in [0.1, 0.15) is 9.79 Å². The van der Waals surface area contributed by atoms with E-state index in [0.717, 1.165) is 12.1 Å². The maximum Gasteiger partial charge on any atom is 0.295 e. The van der Waals surface area contributed by atoms with Crippen LogP contribution in [0.3, 0.4) is 0 Å². The molecular formula is C13H16O8S2. The van der Waals surface area contributed by atoms with E-state index >= 15 is 0 Å². The summed E-state index contributed by atoms with van der Waals surface area (Å²) in [6.45, 7) is 0.566. The molecule has 2 aromatic carbocycles. The van der Waals surface area contributed by atoms with Crippen molar-refractivity contribution in [3.05, 3.63) is 36.4 Å². The highest BCUT2D eigenvalue weighted by molar-refractivity contribution is 7.86. The molecule has 10 heteroatoms. The summed E-state index contributed by atoms with van der Waals surface area (Å²) in [7, 11) is -7.38. The van der Waals surface area contributed by atoms with Crippen LogP contribution in [0.5, 0.6) is 0 Å². The molecule has 2 aromatic rings. The minimum absolute atomic E-state index is 0.0233. The molecule has 0 heterocycles. The van der Waals surface area contributed by atoms with E-state index in [4.69, 9.17) is 14.2 Å². The molecule has 0 aromatic heterocycles. The zero-order chi connectivity index (χ0) is 17.7. The molecule has 0 saturated heterocycles. The average molecular weight is 364 g/mol. The molecular weight excluding hydrogens is 348 g/mol. The van der Waals surface area contributed by atoms with E-state index in [1.807, 2.05) is 0 Å². The van der Waals surface area contributed by atoms with E-state index in [1.165, 1.54) is 24.3 Å². The molecule has 0 fully saturated rings. The third kappa shape index (κ3) is 5.23. The smallest absolute Gasteiger partial charge is 0.295 e. The maximum atomic E-state index is 11.2. The molecule has 0 aliphatic heterocycles. The van der Waals surface area contributed by atoms with Gasteiger partial charge in [0, 0.05) is 17.9 Å². The van der Waals surface area contributed by atoms with Crippen molar-refractivity contribution in [3.8, 4) is 0 Å². The number of aliphatic hydroxyl groups is 1. The molecule has 23 heavy (non-hydrogen) atoms. The summed E-state index contributed by atoms with van der Waals surface area (Å²) in [5.41, 5.74) is 0. The fourth-order valence-electron chi connectivity index (χ4n) is 1.79. The average Bonchev–Trinajstić information content (AvgIpc) is 2.45. The van der Waals surface area contributed by atoms with Gasteiger partial charge in [-0.25, -0.2) is 0 Å². The van der Waals surface area contributed by atoms with E-state index in [9.17, 15) is 16.8 Å². The number of methoxy groups -OCH3 is 1. The molecule has 3 N–H and O–H groups in total. The van der Waals surface area contributed by atoms with E-state index in [2.05, 4.69) is 4.74 Å². The minimum atomic E-state index is -4.47. The Morgan fingerprint density at radius 1 is 0.870 bits per heavy atom. The predicted octanol–water partition coefficient (Wildman–Crippen LogP) is 0.958. The Morgan fingerprint density at radius 3 is 1.48 bits per heavy atom. The summed E-state index contributed by atoms with van der Waals surface area (Å²) in [4.78, 5) is -0.823. The van der Waals surface area contributed by atoms with Gasteiger partial charge >= 0.3 is 0 Å². The van der Waals surface area contributed by atoms with Gasteiger partial charge in [0.25, 0.3) is 20.2 Å². The Balaban J connectivity index is 0.000000463. The molecule has 0 radical (unpaired) electrons. The number of fused-ring (bicyclic) bond motifs is 1. The zero-order valence-corrected chi connectivity index (χ0v) is 13.7. The quantitative estimate of drug-likeness (QED) is 0.682. The molecule has 0 unspecified atom stereocenters. The number of rotatable bonds is 4. The van der Waals surface area contributed by atoms with Crippen LogP contribution in [-0.4, -0.2) is 51.4 Å². The standard InChI is InChI=1S/C10H8O6S2.C3H8O2/c11-17(12,13)9-5-1-3-7-8(9)4-2-6-10(7)18(14,15)16;1-5-3-2-4/h1-6H,(H,11,12,13)(H,14,15,16);4H,2-3H2,1H3. The van der Waals surface area contributed by atoms with Crippen molar-refractivity contribution in [3.63, 3.8) is 0 Å². The van der Waals surface area contributed by atoms with Crippen LogP contribution >= 0.6 is 0 Å². The van der Waals surface area contributed by atoms with Gasteiger partial charge in [-0.05, 0) is 12.1 Å². The second-order valence-corrected chi connectivity index (χ2v) is 7.05. The first-order valence-corrected chi connectivity index (χ1v) is 9.07. The molecule has 8 nitrogen and oxygen atoms in total. The molecule has 0 bridgehead atoms. The minimum Gasteiger partial charge on any atom is -0.394 e. The van der Waals surface area contributed by atoms with Crippen LogP contribution in [0.2, 0.25) is 0 Å². The molecule has 128 valence electrons. The van der Waals surface area contributed by atoms with Crippen LogP contribution in [0.4, 0.5) is 0 Å². The summed E-state index contributed by atoms with van der Waals surface area (Å²) in [6.07, 6.45) is 0. The van der Waals surface area contributed by atoms with E-state index in [-0.39, 0.29) is 17.4 Å². The van der Waals surface area contributed by atoms with Gasteiger partial charge in [-0.3, -0.25) is 9.11 Å². The third-order valence-corrected chi connectivity index (χ3v) is 4.52. The van der Waals surface area contributed by atoms with Crippen molar-refractivity contribution in [1.29, 1.82) is 0 Å². The Bertz CT molecular complexity index is 799. The van der Waals surface area contributed by atoms with E-state index in [1.54, 1.807) is 7.11 Å². The molecule has 0 spiro atoms. The Labute approximate surface area is 133 Å². The van der Waals surface area contributed by atoms with E-state index in [0.29, 0.717) is 6.61 Å². The van der Waals surface area contributed by atoms with Gasteiger partial charge in [0.2, 0.25) is 0 Å². The van der Waals surface area contributed by atoms with Gasteiger partial charge in [0.15, 0.2) is 0 Å². The molecule has 0 aliphatic rings. The van der Waals surface area contributed by atoms with Crippen LogP contribution < -0.4 is 0 Å². The molecule has 0 saturated carbocycles. The van der Waals surface area contributed by atoms with Crippen molar-refractivity contribution in [2.24, 2.45) is 0 Å². The first-order valence-electron chi connectivity index (χ1n) is 6.19. The number of hydrogen-bond acceptors (Lipinski definition) is 6. The van der Waals surface area contributed by atoms with Crippen molar-refractivity contribution in [1.82, 2.24) is 0 Å². The number of benzene rings is 2. The van der Waals surface area contributed by atoms with Gasteiger partial charge in [-0.1, -0.05) is 24.3 Å². The highest BCUT2D eigenvalue weighted by Crippen LogP contribution is 2.27. The highest BCUT2D eigenvalue weighted by atomic mass is 32.2. The predicted molar refractivity (Wildman–Crippen MR) is 82.5 cm³/mol. The second-order valence-electron chi connectivity index (χ2n) is 4.27. The highest BCUT2D eigenvalue weighted by Gasteiger charge is 2.18. The van der Waals surface area contributed by atoms with Gasteiger partial charge in [-0.15, -0.1) is 0 Å². The molecule has 0 amide bonds. The first kappa shape index (κ1) is 19.5. The van der Waals surface area contributed by atoms with Crippen LogP contribution in [0.1, 0.15) is 0 Å². The maximum absolute atomic E-state index is 11.2. The summed E-state index contributed by atoms with van der Waals surface area (Å²) in [5, 5.41) is 7.99. The lowest BCUT2D eigenvalue weighted by molar-refractivity contribution is 0.135. The summed E-state index contributed by atoms with van der Waals surface area (Å²) >= 11 is 0. The van der Waals surface area contributed by atoms with Gasteiger partial charge in [0.05, 0.1) is 13.2 Å². The molecule has 2 rings (SSSR count). The van der Waals surface area contributed by atoms with Crippen molar-refractivity contribution < 1.29 is 35.8 Å². The van der Waals surface area contributed by atoms with Gasteiger partial charge in [-0.2, -0.15) is 16.8 Å². The Morgan fingerprint density at radius 2 is 1.26 bits per heavy atom. The number of hydrogen-bond donors (Lipinski definition) is 3.